The standard InChI is InChI=1S/C28H32N2O4.C2H6/c1-19(11-15-31)17-29-12-8-20(9-13-29)27-23-4-2-3-5-25(23)34-26-16-21(6-7-24(26)27)28(33)30-14-10-22(32)18-30;1-2/h2-7,11,15-16,20,22,27,31-32H,1,8-10,12-14,17-18H2;1-2H3/b15-11-;. The number of likely N-dealkylation sites (tertiary alicyclic amines) is 2. The second-order valence-corrected chi connectivity index (χ2v) is 9.65. The van der Waals surface area contributed by atoms with E-state index in [0.29, 0.717) is 31.0 Å². The lowest BCUT2D eigenvalue weighted by Crippen LogP contribution is -2.37. The minimum atomic E-state index is -0.434. The Morgan fingerprint density at radius 3 is 2.47 bits per heavy atom. The lowest BCUT2D eigenvalue weighted by atomic mass is 9.74. The number of para-hydroxylation sites is 1. The topological polar surface area (TPSA) is 73.2 Å². The molecule has 36 heavy (non-hydrogen) atoms. The van der Waals surface area contributed by atoms with E-state index in [9.17, 15) is 9.90 Å². The molecular weight excluding hydrogens is 452 g/mol. The van der Waals surface area contributed by atoms with Crippen molar-refractivity contribution in [3.63, 3.8) is 0 Å². The molecule has 0 saturated carbocycles. The van der Waals surface area contributed by atoms with Crippen LogP contribution in [0.15, 0.2) is 67.0 Å². The van der Waals surface area contributed by atoms with E-state index in [1.165, 1.54) is 5.56 Å². The monoisotopic (exact) mass is 490 g/mol. The molecule has 6 nitrogen and oxygen atoms in total. The first-order valence-electron chi connectivity index (χ1n) is 13.1. The predicted molar refractivity (Wildman–Crippen MR) is 143 cm³/mol. The number of hydrogen-bond donors (Lipinski definition) is 2. The van der Waals surface area contributed by atoms with Gasteiger partial charge >= 0.3 is 0 Å². The van der Waals surface area contributed by atoms with Gasteiger partial charge in [-0.3, -0.25) is 9.69 Å². The third-order valence-corrected chi connectivity index (χ3v) is 7.36. The minimum absolute atomic E-state index is 0.0520. The van der Waals surface area contributed by atoms with Crippen molar-refractivity contribution in [1.82, 2.24) is 9.80 Å². The Labute approximate surface area is 214 Å². The van der Waals surface area contributed by atoms with E-state index in [1.54, 1.807) is 11.0 Å². The summed E-state index contributed by atoms with van der Waals surface area (Å²) in [7, 11) is 0. The van der Waals surface area contributed by atoms with E-state index in [0.717, 1.165) is 61.4 Å². The van der Waals surface area contributed by atoms with Crippen molar-refractivity contribution < 1.29 is 19.7 Å². The van der Waals surface area contributed by atoms with Gasteiger partial charge in [0, 0.05) is 42.2 Å². The van der Waals surface area contributed by atoms with Gasteiger partial charge in [-0.25, -0.2) is 0 Å². The van der Waals surface area contributed by atoms with E-state index in [2.05, 4.69) is 29.7 Å². The van der Waals surface area contributed by atoms with E-state index >= 15 is 0 Å². The van der Waals surface area contributed by atoms with Crippen molar-refractivity contribution in [2.75, 3.05) is 32.7 Å². The van der Waals surface area contributed by atoms with Gasteiger partial charge in [-0.15, -0.1) is 0 Å². The summed E-state index contributed by atoms with van der Waals surface area (Å²) in [6.45, 7) is 11.7. The van der Waals surface area contributed by atoms with Gasteiger partial charge in [0.2, 0.25) is 0 Å². The Hall–Kier alpha value is -3.09. The van der Waals surface area contributed by atoms with Crippen LogP contribution in [0.3, 0.4) is 0 Å². The van der Waals surface area contributed by atoms with Crippen LogP contribution in [-0.4, -0.2) is 64.7 Å². The van der Waals surface area contributed by atoms with Crippen LogP contribution in [0.25, 0.3) is 0 Å². The van der Waals surface area contributed by atoms with Gasteiger partial charge in [-0.1, -0.05) is 44.7 Å². The molecule has 3 heterocycles. The first-order chi connectivity index (χ1) is 17.5. The van der Waals surface area contributed by atoms with Crippen molar-refractivity contribution in [3.05, 3.63) is 83.6 Å². The Kier molecular flexibility index (Phi) is 8.49. The number of carbonyl (C=O) groups excluding carboxylic acids is 1. The molecule has 2 unspecified atom stereocenters. The van der Waals surface area contributed by atoms with E-state index in [-0.39, 0.29) is 11.8 Å². The molecule has 0 spiro atoms. The number of hydrogen-bond acceptors (Lipinski definition) is 5. The average molecular weight is 491 g/mol. The molecule has 2 fully saturated rings. The Morgan fingerprint density at radius 1 is 1.06 bits per heavy atom. The first-order valence-corrected chi connectivity index (χ1v) is 13.1. The highest BCUT2D eigenvalue weighted by Crippen LogP contribution is 2.50. The van der Waals surface area contributed by atoms with Crippen LogP contribution < -0.4 is 4.74 Å². The summed E-state index contributed by atoms with van der Waals surface area (Å²) >= 11 is 0. The van der Waals surface area contributed by atoms with E-state index in [1.807, 2.05) is 38.1 Å². The number of piperidine rings is 1. The number of fused-ring (bicyclic) bond motifs is 2. The van der Waals surface area contributed by atoms with Crippen LogP contribution in [0.4, 0.5) is 0 Å². The van der Waals surface area contributed by atoms with Gasteiger partial charge in [-0.2, -0.15) is 0 Å². The van der Waals surface area contributed by atoms with Crippen LogP contribution >= 0.6 is 0 Å². The van der Waals surface area contributed by atoms with Crippen LogP contribution in [0, 0.1) is 5.92 Å². The largest absolute Gasteiger partial charge is 0.516 e. The molecule has 2 N–H and O–H groups in total. The molecule has 2 aromatic carbocycles. The zero-order valence-corrected chi connectivity index (χ0v) is 21.4. The van der Waals surface area contributed by atoms with Crippen molar-refractivity contribution in [3.8, 4) is 11.5 Å². The zero-order chi connectivity index (χ0) is 25.7. The van der Waals surface area contributed by atoms with Gasteiger partial charge < -0.3 is 19.8 Å². The molecular formula is C30H38N2O4. The van der Waals surface area contributed by atoms with Crippen LogP contribution in [0.2, 0.25) is 0 Å². The number of β-amino-alcohol motifs (C(OH)–C–C–N with tert-alkyl or cyclic N) is 1. The summed E-state index contributed by atoms with van der Waals surface area (Å²) in [5.74, 6) is 2.27. The Bertz CT molecular complexity index is 1100. The smallest absolute Gasteiger partial charge is 0.254 e. The molecule has 0 radical (unpaired) electrons. The number of rotatable bonds is 5. The second-order valence-electron chi connectivity index (χ2n) is 9.65. The summed E-state index contributed by atoms with van der Waals surface area (Å²) in [5.41, 5.74) is 3.87. The molecule has 2 atom stereocenters. The van der Waals surface area contributed by atoms with Crippen molar-refractivity contribution in [1.29, 1.82) is 0 Å². The number of carbonyl (C=O) groups is 1. The van der Waals surface area contributed by atoms with Crippen LogP contribution in [-0.2, 0) is 0 Å². The zero-order valence-electron chi connectivity index (χ0n) is 21.4. The molecule has 3 aliphatic heterocycles. The van der Waals surface area contributed by atoms with Gasteiger partial charge in [-0.05, 0) is 68.1 Å². The normalized spacial score (nSPS) is 21.8. The highest BCUT2D eigenvalue weighted by Gasteiger charge is 2.36. The highest BCUT2D eigenvalue weighted by molar-refractivity contribution is 5.95. The van der Waals surface area contributed by atoms with Crippen LogP contribution in [0.5, 0.6) is 11.5 Å². The molecule has 0 aromatic heterocycles. The molecule has 5 rings (SSSR count). The quantitative estimate of drug-likeness (QED) is 0.428. The van der Waals surface area contributed by atoms with Gasteiger partial charge in [0.25, 0.3) is 5.91 Å². The fourth-order valence-corrected chi connectivity index (χ4v) is 5.64. The minimum Gasteiger partial charge on any atom is -0.516 e. The number of ether oxygens (including phenoxy) is 1. The molecule has 2 aromatic rings. The van der Waals surface area contributed by atoms with Gasteiger partial charge in [0.05, 0.1) is 12.4 Å². The van der Waals surface area contributed by atoms with E-state index in [4.69, 9.17) is 9.84 Å². The lowest BCUT2D eigenvalue weighted by Gasteiger charge is -2.39. The summed E-state index contributed by atoms with van der Waals surface area (Å²) in [6.07, 6.45) is 5.01. The second kappa shape index (κ2) is 11.8. The molecule has 0 bridgehead atoms. The Balaban J connectivity index is 0.00000148. The van der Waals surface area contributed by atoms with Crippen molar-refractivity contribution in [2.24, 2.45) is 5.92 Å². The SMILES string of the molecule is C=C(/C=C\O)CN1CCC(C2c3ccccc3Oc3cc(C(=O)N4CCC(O)C4)ccc32)CC1.CC. The number of aliphatic hydroxyl groups is 2. The maximum atomic E-state index is 13.0. The predicted octanol–water partition coefficient (Wildman–Crippen LogP) is 5.50. The third-order valence-electron chi connectivity index (χ3n) is 7.36. The number of amides is 1. The fourth-order valence-electron chi connectivity index (χ4n) is 5.64. The molecule has 3 aliphatic rings. The summed E-state index contributed by atoms with van der Waals surface area (Å²) in [5, 5.41) is 18.8. The van der Waals surface area contributed by atoms with Crippen molar-refractivity contribution in [2.45, 2.75) is 45.1 Å². The fraction of sp³-hybridized carbons (Fsp3) is 0.433. The third kappa shape index (κ3) is 5.50. The van der Waals surface area contributed by atoms with Crippen LogP contribution in [0.1, 0.15) is 60.5 Å². The molecule has 1 amide bonds. The highest BCUT2D eigenvalue weighted by atomic mass is 16.5. The van der Waals surface area contributed by atoms with Crippen molar-refractivity contribution >= 4 is 5.91 Å². The number of benzene rings is 2. The van der Waals surface area contributed by atoms with Gasteiger partial charge in [0.15, 0.2) is 0 Å². The van der Waals surface area contributed by atoms with Gasteiger partial charge in [0.1, 0.15) is 11.5 Å². The summed E-state index contributed by atoms with van der Waals surface area (Å²) in [6, 6.07) is 14.1. The maximum Gasteiger partial charge on any atom is 0.254 e. The molecule has 6 heteroatoms. The summed E-state index contributed by atoms with van der Waals surface area (Å²) < 4.78 is 6.30. The lowest BCUT2D eigenvalue weighted by molar-refractivity contribution is 0.0764. The molecule has 192 valence electrons. The van der Waals surface area contributed by atoms with E-state index < -0.39 is 6.10 Å². The number of nitrogens with zero attached hydrogens (tertiary/aromatic N) is 2. The Morgan fingerprint density at radius 2 is 1.78 bits per heavy atom. The molecule has 0 aliphatic carbocycles. The number of aliphatic hydroxyl groups excluding tert-OH is 2. The molecule has 2 saturated heterocycles. The maximum absolute atomic E-state index is 13.0. The average Bonchev–Trinajstić information content (AvgIpc) is 3.34. The first kappa shape index (κ1) is 26.0. The summed E-state index contributed by atoms with van der Waals surface area (Å²) in [4.78, 5) is 17.1.